The maximum absolute atomic E-state index is 14.6. The number of alkyl halides is 7. The molecule has 4 rings (SSSR count). The van der Waals surface area contributed by atoms with Crippen LogP contribution in [0, 0.1) is 0 Å². The third kappa shape index (κ3) is 8.97. The van der Waals surface area contributed by atoms with Crippen LogP contribution in [0.5, 0.6) is 0 Å². The Bertz CT molecular complexity index is 1570. The topological polar surface area (TPSA) is 140 Å². The lowest BCUT2D eigenvalue weighted by molar-refractivity contribution is -0.141. The Morgan fingerprint density at radius 1 is 0.953 bits per heavy atom. The molecule has 11 nitrogen and oxygen atoms in total. The molecule has 0 spiro atoms. The minimum absolute atomic E-state index is 0.00467. The number of amides is 2. The Balaban J connectivity index is 1.21. The van der Waals surface area contributed by atoms with Gasteiger partial charge in [-0.25, -0.2) is 14.1 Å². The number of aromatic nitrogens is 7. The van der Waals surface area contributed by atoms with Gasteiger partial charge in [0, 0.05) is 25.4 Å². The van der Waals surface area contributed by atoms with E-state index in [1.807, 2.05) is 0 Å². The number of hydrogen-bond acceptors (Lipinski definition) is 9. The second-order valence-corrected chi connectivity index (χ2v) is 9.98. The van der Waals surface area contributed by atoms with Crippen molar-refractivity contribution < 1.29 is 40.3 Å². The minimum Gasteiger partial charge on any atom is -0.346 e. The molecule has 19 heteroatoms. The first-order valence-corrected chi connectivity index (χ1v) is 13.1. The Hall–Kier alpha value is -4.55. The maximum Gasteiger partial charge on any atom is 0.433 e. The first-order valence-electron chi connectivity index (χ1n) is 12.2. The molecule has 4 heterocycles. The van der Waals surface area contributed by atoms with Gasteiger partial charge in [-0.05, 0) is 30.2 Å². The molecule has 228 valence electrons. The van der Waals surface area contributed by atoms with Gasteiger partial charge < -0.3 is 10.6 Å². The molecule has 4 aromatic rings. The predicted octanol–water partition coefficient (Wildman–Crippen LogP) is 3.79. The van der Waals surface area contributed by atoms with Crippen LogP contribution in [-0.4, -0.2) is 53.1 Å². The van der Waals surface area contributed by atoms with E-state index in [1.165, 1.54) is 24.5 Å². The largest absolute Gasteiger partial charge is 0.433 e. The quantitative estimate of drug-likeness (QED) is 0.239. The lowest BCUT2D eigenvalue weighted by Crippen LogP contribution is -2.23. The molecule has 2 amide bonds. The van der Waals surface area contributed by atoms with Crippen molar-refractivity contribution in [3.05, 3.63) is 81.1 Å². The minimum atomic E-state index is -4.62. The predicted molar refractivity (Wildman–Crippen MR) is 134 cm³/mol. The fraction of sp³-hybridized carbons (Fsp3) is 0.333. The molecule has 2 N–H and O–H groups in total. The smallest absolute Gasteiger partial charge is 0.346 e. The normalized spacial score (nSPS) is 12.6. The summed E-state index contributed by atoms with van der Waals surface area (Å²) in [6.45, 7) is -0.795. The lowest BCUT2D eigenvalue weighted by Gasteiger charge is -2.08. The average molecular weight is 632 g/mol. The number of nitrogens with one attached hydrogen (secondary N) is 2. The molecular weight excluding hydrogens is 611 g/mol. The van der Waals surface area contributed by atoms with Crippen molar-refractivity contribution in [3.63, 3.8) is 0 Å². The van der Waals surface area contributed by atoms with E-state index >= 15 is 0 Å². The first-order chi connectivity index (χ1) is 20.3. The van der Waals surface area contributed by atoms with Crippen molar-refractivity contribution in [2.75, 3.05) is 0 Å². The van der Waals surface area contributed by atoms with E-state index in [2.05, 4.69) is 41.1 Å². The zero-order chi connectivity index (χ0) is 31.2. The molecule has 0 fully saturated rings. The lowest BCUT2D eigenvalue weighted by atomic mass is 10.2. The number of carbonyl (C=O) groups excluding carboxylic acids is 2. The maximum atomic E-state index is 14.6. The van der Waals surface area contributed by atoms with E-state index in [0.29, 0.717) is 11.2 Å². The van der Waals surface area contributed by atoms with Crippen LogP contribution in [0.1, 0.15) is 54.2 Å². The summed E-state index contributed by atoms with van der Waals surface area (Å²) in [6.07, 6.45) is -7.59. The van der Waals surface area contributed by atoms with Crippen LogP contribution in [0.25, 0.3) is 0 Å². The molecule has 0 radical (unpaired) electrons. The highest BCUT2D eigenvalue weighted by Gasteiger charge is 2.32. The summed E-state index contributed by atoms with van der Waals surface area (Å²) in [7, 11) is 0. The van der Waals surface area contributed by atoms with Crippen LogP contribution in [0.3, 0.4) is 0 Å². The summed E-state index contributed by atoms with van der Waals surface area (Å²) < 4.78 is 92.5. The van der Waals surface area contributed by atoms with Gasteiger partial charge in [0.05, 0.1) is 30.5 Å². The van der Waals surface area contributed by atoms with Crippen molar-refractivity contribution in [2.24, 2.45) is 0 Å². The summed E-state index contributed by atoms with van der Waals surface area (Å²) in [5, 5.41) is 20.0. The van der Waals surface area contributed by atoms with Gasteiger partial charge in [0.2, 0.25) is 5.01 Å². The second-order valence-electron chi connectivity index (χ2n) is 8.92. The molecule has 0 aromatic carbocycles. The van der Waals surface area contributed by atoms with Crippen molar-refractivity contribution in [1.29, 1.82) is 0 Å². The van der Waals surface area contributed by atoms with Gasteiger partial charge in [-0.3, -0.25) is 14.6 Å². The van der Waals surface area contributed by atoms with Crippen LogP contribution in [0.2, 0.25) is 0 Å². The van der Waals surface area contributed by atoms with E-state index in [9.17, 15) is 40.3 Å². The van der Waals surface area contributed by atoms with Crippen LogP contribution in [0.15, 0.2) is 42.9 Å². The molecule has 1 atom stereocenters. The molecule has 4 aromatic heterocycles. The van der Waals surface area contributed by atoms with Crippen molar-refractivity contribution >= 4 is 23.2 Å². The Morgan fingerprint density at radius 3 is 2.47 bits per heavy atom. The van der Waals surface area contributed by atoms with Gasteiger partial charge in [0.15, 0.2) is 5.69 Å². The molecular formula is C24H20F7N9O2S. The molecule has 43 heavy (non-hydrogen) atoms. The number of rotatable bonds is 11. The number of aryl methyl sites for hydroxylation is 1. The summed E-state index contributed by atoms with van der Waals surface area (Å²) >= 11 is 0.890. The highest BCUT2D eigenvalue weighted by molar-refractivity contribution is 7.13. The van der Waals surface area contributed by atoms with Crippen LogP contribution in [0.4, 0.5) is 30.7 Å². The molecule has 0 saturated heterocycles. The molecule has 0 aliphatic rings. The van der Waals surface area contributed by atoms with E-state index in [1.54, 1.807) is 0 Å². The average Bonchev–Trinajstić information content (AvgIpc) is 3.63. The second kappa shape index (κ2) is 13.2. The van der Waals surface area contributed by atoms with Crippen LogP contribution >= 0.6 is 11.3 Å². The van der Waals surface area contributed by atoms with Crippen molar-refractivity contribution in [3.8, 4) is 0 Å². The van der Waals surface area contributed by atoms with Crippen LogP contribution < -0.4 is 10.6 Å². The first kappa shape index (κ1) is 31.4. The van der Waals surface area contributed by atoms with E-state index in [4.69, 9.17) is 0 Å². The fourth-order valence-electron chi connectivity index (χ4n) is 3.51. The van der Waals surface area contributed by atoms with Crippen molar-refractivity contribution in [1.82, 2.24) is 45.8 Å². The molecule has 0 aliphatic heterocycles. The van der Waals surface area contributed by atoms with E-state index in [0.717, 1.165) is 28.2 Å². The molecule has 0 saturated carbocycles. The summed E-state index contributed by atoms with van der Waals surface area (Å²) in [4.78, 5) is 31.6. The zero-order valence-corrected chi connectivity index (χ0v) is 22.5. The number of pyridine rings is 2. The van der Waals surface area contributed by atoms with E-state index in [-0.39, 0.29) is 54.4 Å². The van der Waals surface area contributed by atoms with Crippen molar-refractivity contribution in [2.45, 2.75) is 51.0 Å². The molecule has 0 aliphatic carbocycles. The third-order valence-electron chi connectivity index (χ3n) is 5.59. The molecule has 1 unspecified atom stereocenters. The van der Waals surface area contributed by atoms with Gasteiger partial charge in [-0.2, -0.15) is 26.3 Å². The monoisotopic (exact) mass is 631 g/mol. The number of halogens is 7. The SMILES string of the molecule is O=C(NCc1cncc(C(F)(F)F)c1)c1cn(CC(F)CCc2nnc(C(=O)NCc3cccc(C(F)(F)F)n3)s2)nn1. The standard InChI is InChI=1S/C24H20F7N9O2S/c25-15(11-40-12-17(36-39-40)20(41)33-8-13-6-14(9-32-7-13)23(26,27)28)4-5-19-37-38-22(43-19)21(42)34-10-16-2-1-3-18(35-16)24(29,30)31/h1-3,6-7,9,12,15H,4-5,8,10-11H2,(H,33,41)(H,34,42). The van der Waals surface area contributed by atoms with Gasteiger partial charge in [0.25, 0.3) is 11.8 Å². The Labute approximate surface area is 241 Å². The molecule has 0 bridgehead atoms. The highest BCUT2D eigenvalue weighted by Crippen LogP contribution is 2.29. The number of nitrogens with zero attached hydrogens (tertiary/aromatic N) is 7. The van der Waals surface area contributed by atoms with Gasteiger partial charge >= 0.3 is 12.4 Å². The Morgan fingerprint density at radius 2 is 1.72 bits per heavy atom. The van der Waals surface area contributed by atoms with Gasteiger partial charge in [-0.15, -0.1) is 15.3 Å². The highest BCUT2D eigenvalue weighted by atomic mass is 32.1. The summed E-state index contributed by atoms with van der Waals surface area (Å²) in [5.74, 6) is -1.42. The Kier molecular flexibility index (Phi) is 9.62. The van der Waals surface area contributed by atoms with E-state index < -0.39 is 41.6 Å². The zero-order valence-electron chi connectivity index (χ0n) is 21.7. The summed E-state index contributed by atoms with van der Waals surface area (Å²) in [6, 6.07) is 4.16. The third-order valence-corrected chi connectivity index (χ3v) is 6.57. The summed E-state index contributed by atoms with van der Waals surface area (Å²) in [5.41, 5.74) is -2.11. The number of hydrogen-bond donors (Lipinski definition) is 2. The number of carbonyl (C=O) groups is 2. The van der Waals surface area contributed by atoms with Gasteiger partial charge in [0.1, 0.15) is 16.9 Å². The fourth-order valence-corrected chi connectivity index (χ4v) is 4.28. The van der Waals surface area contributed by atoms with Gasteiger partial charge in [-0.1, -0.05) is 22.6 Å². The van der Waals surface area contributed by atoms with Crippen LogP contribution in [-0.2, 0) is 38.4 Å².